The molecule has 136 valence electrons. The number of H-pyrrole nitrogens is 1. The van der Waals surface area contributed by atoms with Crippen molar-refractivity contribution in [1.29, 1.82) is 0 Å². The largest absolute Gasteiger partial charge is 0.345 e. The fraction of sp³-hybridized carbons (Fsp3) is 0.333. The highest BCUT2D eigenvalue weighted by molar-refractivity contribution is 8.00. The summed E-state index contributed by atoms with van der Waals surface area (Å²) >= 11 is 1.57. The summed E-state index contributed by atoms with van der Waals surface area (Å²) in [6.07, 6.45) is 0.965. The number of thioether (sulfide) groups is 1. The molecule has 0 bridgehead atoms. The first-order chi connectivity index (χ1) is 12.6. The molecule has 1 aromatic heterocycles. The summed E-state index contributed by atoms with van der Waals surface area (Å²) in [5.74, 6) is 1.56. The van der Waals surface area contributed by atoms with Gasteiger partial charge < -0.3 is 10.3 Å². The first-order valence-electron chi connectivity index (χ1n) is 9.01. The number of fused-ring (bicyclic) bond motifs is 1. The molecule has 2 N–H and O–H groups in total. The molecule has 0 aliphatic heterocycles. The lowest BCUT2D eigenvalue weighted by Crippen LogP contribution is -2.34. The second kappa shape index (κ2) is 8.41. The van der Waals surface area contributed by atoms with Crippen molar-refractivity contribution in [2.45, 2.75) is 38.1 Å². The molecule has 0 aliphatic carbocycles. The van der Waals surface area contributed by atoms with E-state index in [1.54, 1.807) is 11.8 Å². The highest BCUT2D eigenvalue weighted by Gasteiger charge is 2.23. The van der Waals surface area contributed by atoms with Gasteiger partial charge in [-0.2, -0.15) is 0 Å². The molecule has 3 rings (SSSR count). The smallest absolute Gasteiger partial charge is 0.230 e. The van der Waals surface area contributed by atoms with Crippen molar-refractivity contribution in [3.05, 3.63) is 59.9 Å². The lowest BCUT2D eigenvalue weighted by atomic mass is 9.98. The van der Waals surface area contributed by atoms with Crippen LogP contribution >= 0.6 is 11.8 Å². The van der Waals surface area contributed by atoms with Crippen LogP contribution < -0.4 is 5.32 Å². The molecule has 2 atom stereocenters. The molecule has 0 fully saturated rings. The molecule has 0 saturated carbocycles. The summed E-state index contributed by atoms with van der Waals surface area (Å²) in [7, 11) is 0. The zero-order valence-electron chi connectivity index (χ0n) is 15.5. The highest BCUT2D eigenvalue weighted by atomic mass is 32.2. The van der Waals surface area contributed by atoms with Crippen molar-refractivity contribution in [3.63, 3.8) is 0 Å². The van der Waals surface area contributed by atoms with Crippen molar-refractivity contribution in [1.82, 2.24) is 15.3 Å². The molecule has 3 aromatic rings. The van der Waals surface area contributed by atoms with Crippen molar-refractivity contribution < 1.29 is 4.79 Å². The van der Waals surface area contributed by atoms with Gasteiger partial charge in [0.15, 0.2) is 0 Å². The number of aromatic amines is 1. The second-order valence-electron chi connectivity index (χ2n) is 6.62. The zero-order valence-corrected chi connectivity index (χ0v) is 16.3. The zero-order chi connectivity index (χ0) is 18.5. The molecule has 0 spiro atoms. The summed E-state index contributed by atoms with van der Waals surface area (Å²) in [6, 6.07) is 16.0. The van der Waals surface area contributed by atoms with Crippen LogP contribution in [0.4, 0.5) is 0 Å². The van der Waals surface area contributed by atoms with E-state index >= 15 is 0 Å². The van der Waals surface area contributed by atoms with E-state index in [-0.39, 0.29) is 11.9 Å². The molecule has 0 saturated heterocycles. The van der Waals surface area contributed by atoms with Gasteiger partial charge in [-0.15, -0.1) is 11.8 Å². The maximum absolute atomic E-state index is 12.6. The predicted octanol–water partition coefficient (Wildman–Crippen LogP) is 4.87. The van der Waals surface area contributed by atoms with Crippen molar-refractivity contribution >= 4 is 28.7 Å². The number of hydrogen-bond acceptors (Lipinski definition) is 3. The van der Waals surface area contributed by atoms with Crippen molar-refractivity contribution in [3.8, 4) is 0 Å². The predicted molar refractivity (Wildman–Crippen MR) is 108 cm³/mol. The molecular formula is C21H25N3OS. The highest BCUT2D eigenvalue weighted by Crippen LogP contribution is 2.26. The van der Waals surface area contributed by atoms with Gasteiger partial charge in [0, 0.05) is 4.90 Å². The van der Waals surface area contributed by atoms with Crippen molar-refractivity contribution in [2.24, 2.45) is 5.92 Å². The van der Waals surface area contributed by atoms with Gasteiger partial charge in [0.1, 0.15) is 5.82 Å². The van der Waals surface area contributed by atoms with E-state index in [9.17, 15) is 4.79 Å². The lowest BCUT2D eigenvalue weighted by Gasteiger charge is -2.22. The third-order valence-electron chi connectivity index (χ3n) is 4.68. The van der Waals surface area contributed by atoms with Gasteiger partial charge in [-0.25, -0.2) is 4.98 Å². The average Bonchev–Trinajstić information content (AvgIpc) is 3.08. The number of rotatable bonds is 7. The van der Waals surface area contributed by atoms with E-state index in [1.807, 2.05) is 36.4 Å². The van der Waals surface area contributed by atoms with Crippen LogP contribution in [0.2, 0.25) is 0 Å². The fourth-order valence-electron chi connectivity index (χ4n) is 2.91. The molecule has 26 heavy (non-hydrogen) atoms. The van der Waals surface area contributed by atoms with Crippen molar-refractivity contribution in [2.75, 3.05) is 5.75 Å². The fourth-order valence-corrected chi connectivity index (χ4v) is 3.75. The minimum atomic E-state index is -0.114. The number of nitrogens with zero attached hydrogens (tertiary/aromatic N) is 1. The topological polar surface area (TPSA) is 57.8 Å². The van der Waals surface area contributed by atoms with Crippen LogP contribution in [0.15, 0.2) is 53.4 Å². The molecule has 1 heterocycles. The third-order valence-corrected chi connectivity index (χ3v) is 5.86. The van der Waals surface area contributed by atoms with E-state index < -0.39 is 0 Å². The molecule has 1 amide bonds. The van der Waals surface area contributed by atoms with Crippen LogP contribution in [0.1, 0.15) is 37.7 Å². The van der Waals surface area contributed by atoms with Gasteiger partial charge >= 0.3 is 0 Å². The minimum absolute atomic E-state index is 0.0315. The first kappa shape index (κ1) is 18.5. The summed E-state index contributed by atoms with van der Waals surface area (Å²) in [6.45, 7) is 6.35. The Labute approximate surface area is 158 Å². The van der Waals surface area contributed by atoms with Gasteiger partial charge in [-0.3, -0.25) is 4.79 Å². The number of nitrogens with one attached hydrogen (secondary N) is 2. The quantitative estimate of drug-likeness (QED) is 0.586. The molecular weight excluding hydrogens is 342 g/mol. The number of aryl methyl sites for hydroxylation is 1. The van der Waals surface area contributed by atoms with Gasteiger partial charge in [-0.05, 0) is 36.6 Å². The molecule has 4 nitrogen and oxygen atoms in total. The summed E-state index contributed by atoms with van der Waals surface area (Å²) in [4.78, 5) is 21.8. The molecule has 2 aromatic carbocycles. The standard InChI is InChI=1S/C21H25N3OS/c1-4-14(2)20(21-22-16-10-6-7-11-17(16)23-21)24-19(25)13-26-18-12-8-5-9-15(18)3/h5-12,14,20H,4,13H2,1-3H3,(H,22,23)(H,24,25)/t14-,20+/m1/s1. The number of hydrogen-bond donors (Lipinski definition) is 2. The monoisotopic (exact) mass is 367 g/mol. The number of amides is 1. The Kier molecular flexibility index (Phi) is 5.99. The van der Waals surface area contributed by atoms with Crippen LogP contribution in [0.25, 0.3) is 11.0 Å². The number of benzene rings is 2. The van der Waals surface area contributed by atoms with Crippen LogP contribution in [-0.2, 0) is 4.79 Å². The van der Waals surface area contributed by atoms with E-state index in [0.29, 0.717) is 11.7 Å². The minimum Gasteiger partial charge on any atom is -0.345 e. The summed E-state index contributed by atoms with van der Waals surface area (Å²) in [5.41, 5.74) is 3.12. The Morgan fingerprint density at radius 2 is 1.92 bits per heavy atom. The maximum Gasteiger partial charge on any atom is 0.230 e. The Balaban J connectivity index is 1.72. The van der Waals surface area contributed by atoms with Gasteiger partial charge in [0.25, 0.3) is 0 Å². The normalized spacial score (nSPS) is 13.5. The molecule has 0 unspecified atom stereocenters. The number of carbonyl (C=O) groups is 1. The molecule has 0 aliphatic rings. The van der Waals surface area contributed by atoms with Gasteiger partial charge in [0.05, 0.1) is 22.8 Å². The summed E-state index contributed by atoms with van der Waals surface area (Å²) < 4.78 is 0. The maximum atomic E-state index is 12.6. The van der Waals surface area contributed by atoms with Crippen LogP contribution in [0.3, 0.4) is 0 Å². The number of para-hydroxylation sites is 2. The number of carbonyl (C=O) groups excluding carboxylic acids is 1. The van der Waals surface area contributed by atoms with E-state index in [0.717, 1.165) is 28.2 Å². The summed E-state index contributed by atoms with van der Waals surface area (Å²) in [5, 5.41) is 3.18. The number of imidazole rings is 1. The van der Waals surface area contributed by atoms with Crippen LogP contribution in [-0.4, -0.2) is 21.6 Å². The Hall–Kier alpha value is -2.27. The van der Waals surface area contributed by atoms with E-state index in [2.05, 4.69) is 43.2 Å². The Morgan fingerprint density at radius 1 is 1.19 bits per heavy atom. The van der Waals surface area contributed by atoms with Gasteiger partial charge in [0.2, 0.25) is 5.91 Å². The average molecular weight is 368 g/mol. The lowest BCUT2D eigenvalue weighted by molar-refractivity contribution is -0.119. The van der Waals surface area contributed by atoms with Crippen LogP contribution in [0, 0.1) is 12.8 Å². The van der Waals surface area contributed by atoms with E-state index in [1.165, 1.54) is 5.56 Å². The number of aromatic nitrogens is 2. The van der Waals surface area contributed by atoms with E-state index in [4.69, 9.17) is 4.98 Å². The van der Waals surface area contributed by atoms with Gasteiger partial charge in [-0.1, -0.05) is 50.6 Å². The second-order valence-corrected chi connectivity index (χ2v) is 7.64. The third kappa shape index (κ3) is 4.28. The van der Waals surface area contributed by atoms with Crippen LogP contribution in [0.5, 0.6) is 0 Å². The first-order valence-corrected chi connectivity index (χ1v) is 9.99. The Bertz CT molecular complexity index is 857. The Morgan fingerprint density at radius 3 is 2.65 bits per heavy atom. The molecule has 5 heteroatoms. The SMILES string of the molecule is CC[C@@H](C)[C@H](NC(=O)CSc1ccccc1C)c1nc2ccccc2[nH]1. The molecule has 0 radical (unpaired) electrons.